The van der Waals surface area contributed by atoms with Gasteiger partial charge >= 0.3 is 5.97 Å². The van der Waals surface area contributed by atoms with Crippen LogP contribution in [0.2, 0.25) is 0 Å². The van der Waals surface area contributed by atoms with E-state index in [1.807, 2.05) is 31.2 Å². The fraction of sp³-hybridized carbons (Fsp3) is 0.333. The lowest BCUT2D eigenvalue weighted by atomic mass is 10.2. The minimum absolute atomic E-state index is 0.277. The highest BCUT2D eigenvalue weighted by Gasteiger charge is 2.33. The Morgan fingerprint density at radius 3 is 2.76 bits per heavy atom. The molecule has 0 aromatic heterocycles. The first kappa shape index (κ1) is 15.4. The van der Waals surface area contributed by atoms with Gasteiger partial charge in [0, 0.05) is 11.8 Å². The van der Waals surface area contributed by atoms with E-state index in [1.54, 1.807) is 6.08 Å². The van der Waals surface area contributed by atoms with Crippen molar-refractivity contribution >= 4 is 29.7 Å². The Morgan fingerprint density at radius 1 is 1.43 bits per heavy atom. The summed E-state index contributed by atoms with van der Waals surface area (Å²) in [6.07, 6.45) is 3.09. The molecule has 1 N–H and O–H groups in total. The van der Waals surface area contributed by atoms with Crippen molar-refractivity contribution in [1.29, 1.82) is 0 Å². The normalized spacial score (nSPS) is 18.1. The lowest BCUT2D eigenvalue weighted by Gasteiger charge is -2.18. The van der Waals surface area contributed by atoms with E-state index in [1.165, 1.54) is 22.7 Å². The molecule has 21 heavy (non-hydrogen) atoms. The van der Waals surface area contributed by atoms with Crippen LogP contribution < -0.4 is 4.74 Å². The van der Waals surface area contributed by atoms with Crippen LogP contribution in [0.25, 0.3) is 6.08 Å². The quantitative estimate of drug-likeness (QED) is 0.844. The fourth-order valence-electron chi connectivity index (χ4n) is 1.97. The van der Waals surface area contributed by atoms with Gasteiger partial charge in [0.25, 0.3) is 0 Å². The number of ether oxygens (including phenoxy) is 1. The lowest BCUT2D eigenvalue weighted by Crippen LogP contribution is -2.40. The summed E-state index contributed by atoms with van der Waals surface area (Å²) in [5, 5.41) is 9.05. The zero-order valence-corrected chi connectivity index (χ0v) is 12.5. The number of hydrogen-bond acceptors (Lipinski definition) is 4. The van der Waals surface area contributed by atoms with Crippen LogP contribution in [0.4, 0.5) is 0 Å². The van der Waals surface area contributed by atoms with E-state index in [4.69, 9.17) is 9.84 Å². The van der Waals surface area contributed by atoms with Crippen molar-refractivity contribution in [2.45, 2.75) is 13.0 Å². The number of rotatable bonds is 5. The molecule has 1 saturated heterocycles. The van der Waals surface area contributed by atoms with E-state index < -0.39 is 12.0 Å². The zero-order chi connectivity index (χ0) is 15.2. The number of amides is 1. The average molecular weight is 307 g/mol. The van der Waals surface area contributed by atoms with Gasteiger partial charge in [-0.1, -0.05) is 12.1 Å². The Kier molecular flexibility index (Phi) is 5.27. The Labute approximate surface area is 127 Å². The summed E-state index contributed by atoms with van der Waals surface area (Å²) in [6.45, 7) is 2.52. The lowest BCUT2D eigenvalue weighted by molar-refractivity contribution is -0.146. The molecule has 1 aromatic carbocycles. The predicted molar refractivity (Wildman–Crippen MR) is 82.2 cm³/mol. The number of nitrogens with zero attached hydrogens (tertiary/aromatic N) is 1. The van der Waals surface area contributed by atoms with Crippen molar-refractivity contribution in [2.75, 3.05) is 18.2 Å². The first-order valence-electron chi connectivity index (χ1n) is 6.64. The summed E-state index contributed by atoms with van der Waals surface area (Å²) in [6, 6.07) is 6.64. The maximum atomic E-state index is 12.0. The molecule has 0 aliphatic carbocycles. The summed E-state index contributed by atoms with van der Waals surface area (Å²) in [5.41, 5.74) is 0.866. The highest BCUT2D eigenvalue weighted by Crippen LogP contribution is 2.21. The maximum Gasteiger partial charge on any atom is 0.327 e. The molecule has 0 radical (unpaired) electrons. The van der Waals surface area contributed by atoms with Crippen LogP contribution in [0, 0.1) is 0 Å². The predicted octanol–water partition coefficient (Wildman–Crippen LogP) is 2.08. The average Bonchev–Trinajstić information content (AvgIpc) is 2.96. The molecule has 1 aliphatic heterocycles. The van der Waals surface area contributed by atoms with Crippen LogP contribution in [0.5, 0.6) is 5.75 Å². The molecule has 0 bridgehead atoms. The van der Waals surface area contributed by atoms with Gasteiger partial charge in [0.05, 0.1) is 12.5 Å². The fourth-order valence-corrected chi connectivity index (χ4v) is 3.12. The molecule has 1 aliphatic rings. The Balaban J connectivity index is 1.99. The summed E-state index contributed by atoms with van der Waals surface area (Å²) in [5.74, 6) is 0.411. The van der Waals surface area contributed by atoms with Crippen LogP contribution in [-0.2, 0) is 9.59 Å². The van der Waals surface area contributed by atoms with Gasteiger partial charge in [-0.05, 0) is 30.7 Å². The number of thioether (sulfide) groups is 1. The largest absolute Gasteiger partial charge is 0.494 e. The SMILES string of the molecule is CCOc1ccc(/C=C/C(=O)N2CSC[C@H]2C(=O)O)cc1. The molecule has 0 spiro atoms. The molecule has 6 heteroatoms. The minimum Gasteiger partial charge on any atom is -0.494 e. The number of aliphatic carboxylic acids is 1. The van der Waals surface area contributed by atoms with Gasteiger partial charge in [-0.3, -0.25) is 4.79 Å². The van der Waals surface area contributed by atoms with E-state index in [9.17, 15) is 9.59 Å². The summed E-state index contributed by atoms with van der Waals surface area (Å²) < 4.78 is 5.34. The number of hydrogen-bond donors (Lipinski definition) is 1. The number of carbonyl (C=O) groups excluding carboxylic acids is 1. The molecule has 112 valence electrons. The van der Waals surface area contributed by atoms with Crippen LogP contribution >= 0.6 is 11.8 Å². The number of benzene rings is 1. The topological polar surface area (TPSA) is 66.8 Å². The number of carboxylic acids is 1. The Morgan fingerprint density at radius 2 is 2.14 bits per heavy atom. The molecule has 1 atom stereocenters. The van der Waals surface area contributed by atoms with E-state index in [2.05, 4.69) is 0 Å². The third kappa shape index (κ3) is 4.01. The van der Waals surface area contributed by atoms with Crippen molar-refractivity contribution in [3.05, 3.63) is 35.9 Å². The summed E-state index contributed by atoms with van der Waals surface area (Å²) >= 11 is 1.45. The number of carboxylic acid groups (broad SMARTS) is 1. The second-order valence-electron chi connectivity index (χ2n) is 4.50. The third-order valence-electron chi connectivity index (χ3n) is 3.06. The van der Waals surface area contributed by atoms with Gasteiger partial charge in [-0.15, -0.1) is 11.8 Å². The number of carbonyl (C=O) groups is 2. The van der Waals surface area contributed by atoms with Gasteiger partial charge in [0.15, 0.2) is 0 Å². The second kappa shape index (κ2) is 7.17. The van der Waals surface area contributed by atoms with Crippen molar-refractivity contribution < 1.29 is 19.4 Å². The third-order valence-corrected chi connectivity index (χ3v) is 4.07. The van der Waals surface area contributed by atoms with Crippen molar-refractivity contribution in [3.8, 4) is 5.75 Å². The molecular formula is C15H17NO4S. The molecule has 1 heterocycles. The summed E-state index contributed by atoms with van der Waals surface area (Å²) in [7, 11) is 0. The Bertz CT molecular complexity index is 541. The zero-order valence-electron chi connectivity index (χ0n) is 11.7. The molecule has 0 unspecified atom stereocenters. The second-order valence-corrected chi connectivity index (χ2v) is 5.50. The van der Waals surface area contributed by atoms with Gasteiger partial charge in [-0.2, -0.15) is 0 Å². The molecular weight excluding hydrogens is 290 g/mol. The van der Waals surface area contributed by atoms with Crippen molar-refractivity contribution in [1.82, 2.24) is 4.90 Å². The first-order valence-corrected chi connectivity index (χ1v) is 7.79. The van der Waals surface area contributed by atoms with Crippen LogP contribution in [-0.4, -0.2) is 46.2 Å². The van der Waals surface area contributed by atoms with Gasteiger partial charge in [0.1, 0.15) is 11.8 Å². The smallest absolute Gasteiger partial charge is 0.327 e. The molecule has 0 saturated carbocycles. The van der Waals surface area contributed by atoms with Gasteiger partial charge in [0.2, 0.25) is 5.91 Å². The van der Waals surface area contributed by atoms with Gasteiger partial charge < -0.3 is 14.7 Å². The minimum atomic E-state index is -0.956. The van der Waals surface area contributed by atoms with Crippen LogP contribution in [0.1, 0.15) is 12.5 Å². The summed E-state index contributed by atoms with van der Waals surface area (Å²) in [4.78, 5) is 24.5. The highest BCUT2D eigenvalue weighted by atomic mass is 32.2. The maximum absolute atomic E-state index is 12.0. The van der Waals surface area contributed by atoms with E-state index >= 15 is 0 Å². The highest BCUT2D eigenvalue weighted by molar-refractivity contribution is 7.99. The molecule has 2 rings (SSSR count). The van der Waals surface area contributed by atoms with E-state index in [0.717, 1.165) is 11.3 Å². The molecule has 1 amide bonds. The first-order chi connectivity index (χ1) is 10.1. The molecule has 5 nitrogen and oxygen atoms in total. The molecule has 1 aromatic rings. The van der Waals surface area contributed by atoms with Crippen LogP contribution in [0.15, 0.2) is 30.3 Å². The van der Waals surface area contributed by atoms with Crippen molar-refractivity contribution in [3.63, 3.8) is 0 Å². The standard InChI is InChI=1S/C15H17NO4S/c1-2-20-12-6-3-11(4-7-12)5-8-14(17)16-10-21-9-13(16)15(18)19/h3-8,13H,2,9-10H2,1H3,(H,18,19)/b8-5+/t13-/m0/s1. The van der Waals surface area contributed by atoms with Gasteiger partial charge in [-0.25, -0.2) is 4.79 Å². The molecule has 1 fully saturated rings. The Hall–Kier alpha value is -1.95. The monoisotopic (exact) mass is 307 g/mol. The van der Waals surface area contributed by atoms with Crippen molar-refractivity contribution in [2.24, 2.45) is 0 Å². The van der Waals surface area contributed by atoms with Crippen LogP contribution in [0.3, 0.4) is 0 Å². The van der Waals surface area contributed by atoms with E-state index in [0.29, 0.717) is 18.2 Å². The van der Waals surface area contributed by atoms with E-state index in [-0.39, 0.29) is 5.91 Å².